The topological polar surface area (TPSA) is 46.9 Å². The van der Waals surface area contributed by atoms with E-state index < -0.39 is 0 Å². The highest BCUT2D eigenvalue weighted by molar-refractivity contribution is 6.32. The van der Waals surface area contributed by atoms with Crippen LogP contribution in [0.15, 0.2) is 11.0 Å². The van der Waals surface area contributed by atoms with Gasteiger partial charge in [0.05, 0.1) is 11.9 Å². The van der Waals surface area contributed by atoms with Crippen molar-refractivity contribution < 1.29 is 0 Å². The molecule has 0 spiro atoms. The Kier molecular flexibility index (Phi) is 3.06. The van der Waals surface area contributed by atoms with Gasteiger partial charge in [0.2, 0.25) is 0 Å². The molecule has 0 unspecified atom stereocenters. The van der Waals surface area contributed by atoms with E-state index in [0.717, 1.165) is 24.3 Å². The minimum atomic E-state index is -0.240. The number of hydrogen-bond acceptors (Lipinski definition) is 3. The smallest absolute Gasteiger partial charge is 0.287 e. The summed E-state index contributed by atoms with van der Waals surface area (Å²) >= 11 is 6.04. The van der Waals surface area contributed by atoms with Crippen molar-refractivity contribution in [2.45, 2.75) is 25.7 Å². The lowest BCUT2D eigenvalue weighted by Crippen LogP contribution is -2.23. The van der Waals surface area contributed by atoms with Gasteiger partial charge in [0.25, 0.3) is 5.56 Å². The van der Waals surface area contributed by atoms with Crippen LogP contribution in [0.25, 0.3) is 0 Å². The lowest BCUT2D eigenvalue weighted by Gasteiger charge is -2.17. The minimum absolute atomic E-state index is 0.240. The first-order valence-electron chi connectivity index (χ1n) is 6.62. The number of nitrogens with one attached hydrogen (secondary N) is 1. The standard InChI is InChI=1S/C13H18ClN3O/c1-17-13(18)12(14)11(7-16-17)15-6-10(8-2-3-8)9-4-5-9/h7-10,15H,2-6H2,1H3. The van der Waals surface area contributed by atoms with Crippen molar-refractivity contribution >= 4 is 17.3 Å². The summed E-state index contributed by atoms with van der Waals surface area (Å²) in [6, 6.07) is 0. The van der Waals surface area contributed by atoms with Crippen LogP contribution in [0.2, 0.25) is 5.02 Å². The number of halogens is 1. The molecular weight excluding hydrogens is 250 g/mol. The summed E-state index contributed by atoms with van der Waals surface area (Å²) < 4.78 is 1.26. The van der Waals surface area contributed by atoms with E-state index in [2.05, 4.69) is 10.4 Å². The van der Waals surface area contributed by atoms with Crippen molar-refractivity contribution in [3.05, 3.63) is 21.6 Å². The predicted molar refractivity (Wildman–Crippen MR) is 71.9 cm³/mol. The second kappa shape index (κ2) is 4.57. The first-order chi connectivity index (χ1) is 8.66. The Hall–Kier alpha value is -1.03. The van der Waals surface area contributed by atoms with E-state index in [1.165, 1.54) is 30.4 Å². The second-order valence-electron chi connectivity index (χ2n) is 5.52. The monoisotopic (exact) mass is 267 g/mol. The fourth-order valence-corrected chi connectivity index (χ4v) is 2.87. The van der Waals surface area contributed by atoms with Gasteiger partial charge in [-0.15, -0.1) is 0 Å². The summed E-state index contributed by atoms with van der Waals surface area (Å²) in [6.45, 7) is 0.921. The van der Waals surface area contributed by atoms with Crippen molar-refractivity contribution in [3.8, 4) is 0 Å². The largest absolute Gasteiger partial charge is 0.382 e. The molecule has 0 aliphatic heterocycles. The van der Waals surface area contributed by atoms with Gasteiger partial charge in [0, 0.05) is 13.6 Å². The van der Waals surface area contributed by atoms with E-state index in [1.54, 1.807) is 13.2 Å². The van der Waals surface area contributed by atoms with Crippen LogP contribution in [0.4, 0.5) is 5.69 Å². The molecule has 2 aliphatic carbocycles. The first kappa shape index (κ1) is 12.0. The molecule has 0 bridgehead atoms. The molecule has 0 aromatic carbocycles. The van der Waals surface area contributed by atoms with Crippen molar-refractivity contribution in [2.75, 3.05) is 11.9 Å². The Morgan fingerprint density at radius 3 is 2.61 bits per heavy atom. The average molecular weight is 268 g/mol. The van der Waals surface area contributed by atoms with Crippen molar-refractivity contribution in [3.63, 3.8) is 0 Å². The zero-order valence-corrected chi connectivity index (χ0v) is 11.3. The molecular formula is C13H18ClN3O. The number of anilines is 1. The molecule has 1 aromatic heterocycles. The third-order valence-electron chi connectivity index (χ3n) is 4.06. The SMILES string of the molecule is Cn1ncc(NCC(C2CC2)C2CC2)c(Cl)c1=O. The maximum absolute atomic E-state index is 11.7. The van der Waals surface area contributed by atoms with Crippen molar-refractivity contribution in [1.29, 1.82) is 0 Å². The van der Waals surface area contributed by atoms with Gasteiger partial charge in [-0.25, -0.2) is 4.68 Å². The Bertz CT molecular complexity index is 493. The summed E-state index contributed by atoms with van der Waals surface area (Å²) in [6.07, 6.45) is 7.11. The molecule has 0 saturated heterocycles. The number of hydrogen-bond donors (Lipinski definition) is 1. The van der Waals surface area contributed by atoms with Crippen LogP contribution < -0.4 is 10.9 Å². The Balaban J connectivity index is 1.69. The van der Waals surface area contributed by atoms with E-state index in [4.69, 9.17) is 11.6 Å². The second-order valence-corrected chi connectivity index (χ2v) is 5.90. The highest BCUT2D eigenvalue weighted by Gasteiger charge is 2.41. The fourth-order valence-electron chi connectivity index (χ4n) is 2.63. The van der Waals surface area contributed by atoms with Gasteiger partial charge in [-0.05, 0) is 43.4 Å². The quantitative estimate of drug-likeness (QED) is 0.890. The van der Waals surface area contributed by atoms with Crippen LogP contribution in [0.1, 0.15) is 25.7 Å². The fraction of sp³-hybridized carbons (Fsp3) is 0.692. The summed E-state index contributed by atoms with van der Waals surface area (Å²) in [5.41, 5.74) is 0.433. The zero-order chi connectivity index (χ0) is 12.7. The Morgan fingerprint density at radius 1 is 1.44 bits per heavy atom. The van der Waals surface area contributed by atoms with E-state index in [0.29, 0.717) is 5.69 Å². The van der Waals surface area contributed by atoms with Crippen LogP contribution >= 0.6 is 11.6 Å². The first-order valence-corrected chi connectivity index (χ1v) is 7.00. The lowest BCUT2D eigenvalue weighted by atomic mass is 9.98. The molecule has 2 saturated carbocycles. The van der Waals surface area contributed by atoms with Gasteiger partial charge in [0.15, 0.2) is 0 Å². The minimum Gasteiger partial charge on any atom is -0.382 e. The number of nitrogens with zero attached hydrogens (tertiary/aromatic N) is 2. The maximum atomic E-state index is 11.7. The van der Waals surface area contributed by atoms with Crippen LogP contribution in [0.3, 0.4) is 0 Å². The molecule has 4 nitrogen and oxygen atoms in total. The van der Waals surface area contributed by atoms with Crippen LogP contribution in [-0.4, -0.2) is 16.3 Å². The summed E-state index contributed by atoms with van der Waals surface area (Å²) in [4.78, 5) is 11.7. The van der Waals surface area contributed by atoms with Gasteiger partial charge in [-0.2, -0.15) is 5.10 Å². The zero-order valence-electron chi connectivity index (χ0n) is 10.5. The van der Waals surface area contributed by atoms with Crippen LogP contribution in [-0.2, 0) is 7.05 Å². The third kappa shape index (κ3) is 2.39. The molecule has 0 amide bonds. The molecule has 2 fully saturated rings. The molecule has 3 rings (SSSR count). The van der Waals surface area contributed by atoms with Gasteiger partial charge in [0.1, 0.15) is 5.02 Å². The van der Waals surface area contributed by atoms with E-state index in [9.17, 15) is 4.79 Å². The maximum Gasteiger partial charge on any atom is 0.287 e. The predicted octanol–water partition coefficient (Wildman–Crippen LogP) is 2.28. The Labute approximate surface area is 111 Å². The number of aromatic nitrogens is 2. The molecule has 1 N–H and O–H groups in total. The molecule has 98 valence electrons. The Morgan fingerprint density at radius 2 is 2.06 bits per heavy atom. The molecule has 1 heterocycles. The van der Waals surface area contributed by atoms with Crippen LogP contribution in [0, 0.1) is 17.8 Å². The van der Waals surface area contributed by atoms with Gasteiger partial charge < -0.3 is 5.32 Å². The highest BCUT2D eigenvalue weighted by atomic mass is 35.5. The van der Waals surface area contributed by atoms with Gasteiger partial charge in [-0.3, -0.25) is 4.79 Å². The average Bonchev–Trinajstić information content (AvgIpc) is 3.22. The van der Waals surface area contributed by atoms with Crippen molar-refractivity contribution in [2.24, 2.45) is 24.8 Å². The normalized spacial score (nSPS) is 19.3. The summed E-state index contributed by atoms with van der Waals surface area (Å²) in [5, 5.41) is 7.56. The summed E-state index contributed by atoms with van der Waals surface area (Å²) in [5.74, 6) is 2.54. The van der Waals surface area contributed by atoms with Crippen molar-refractivity contribution in [1.82, 2.24) is 9.78 Å². The van der Waals surface area contributed by atoms with E-state index in [1.807, 2.05) is 0 Å². The van der Waals surface area contributed by atoms with Gasteiger partial charge >= 0.3 is 0 Å². The summed E-state index contributed by atoms with van der Waals surface area (Å²) in [7, 11) is 1.61. The molecule has 0 radical (unpaired) electrons. The van der Waals surface area contributed by atoms with Gasteiger partial charge in [-0.1, -0.05) is 11.6 Å². The van der Waals surface area contributed by atoms with Crippen LogP contribution in [0.5, 0.6) is 0 Å². The van der Waals surface area contributed by atoms with E-state index in [-0.39, 0.29) is 10.6 Å². The molecule has 1 aromatic rings. The third-order valence-corrected chi connectivity index (χ3v) is 4.43. The van der Waals surface area contributed by atoms with E-state index >= 15 is 0 Å². The molecule has 18 heavy (non-hydrogen) atoms. The number of aryl methyl sites for hydroxylation is 1. The highest BCUT2D eigenvalue weighted by Crippen LogP contribution is 2.49. The molecule has 5 heteroatoms. The molecule has 2 aliphatic rings. The lowest BCUT2D eigenvalue weighted by molar-refractivity contribution is 0.428. The molecule has 0 atom stereocenters. The number of rotatable bonds is 5.